The Labute approximate surface area is 98.9 Å². The van der Waals surface area contributed by atoms with Crippen molar-refractivity contribution in [1.82, 2.24) is 9.80 Å². The molecule has 0 aromatic rings. The van der Waals surface area contributed by atoms with Crippen molar-refractivity contribution < 1.29 is 24.2 Å². The summed E-state index contributed by atoms with van der Waals surface area (Å²) in [6.07, 6.45) is -0.494. The van der Waals surface area contributed by atoms with Crippen molar-refractivity contribution in [2.75, 3.05) is 39.9 Å². The summed E-state index contributed by atoms with van der Waals surface area (Å²) in [5.74, 6) is -1.65. The highest BCUT2D eigenvalue weighted by Crippen LogP contribution is 2.04. The fraction of sp³-hybridized carbons (Fsp3) is 0.700. The van der Waals surface area contributed by atoms with Gasteiger partial charge < -0.3 is 19.6 Å². The fourth-order valence-corrected chi connectivity index (χ4v) is 1.66. The molecule has 1 aliphatic rings. The third-order valence-corrected chi connectivity index (χ3v) is 2.56. The van der Waals surface area contributed by atoms with Gasteiger partial charge in [-0.15, -0.1) is 0 Å². The highest BCUT2D eigenvalue weighted by atomic mass is 16.5. The maximum atomic E-state index is 11.5. The van der Waals surface area contributed by atoms with E-state index in [2.05, 4.69) is 0 Å². The first kappa shape index (κ1) is 13.4. The summed E-state index contributed by atoms with van der Waals surface area (Å²) in [4.78, 5) is 36.3. The summed E-state index contributed by atoms with van der Waals surface area (Å²) in [6, 6.07) is 0. The van der Waals surface area contributed by atoms with Crippen LogP contribution in [0.1, 0.15) is 6.42 Å². The number of hydrogen-bond acceptors (Lipinski definition) is 4. The third-order valence-electron chi connectivity index (χ3n) is 2.56. The topological polar surface area (TPSA) is 87.2 Å². The largest absolute Gasteiger partial charge is 0.481 e. The van der Waals surface area contributed by atoms with Crippen LogP contribution in [0.4, 0.5) is 0 Å². The van der Waals surface area contributed by atoms with Crippen LogP contribution in [0.3, 0.4) is 0 Å². The van der Waals surface area contributed by atoms with Crippen molar-refractivity contribution in [3.8, 4) is 0 Å². The molecule has 96 valence electrons. The second-order valence-corrected chi connectivity index (χ2v) is 3.77. The van der Waals surface area contributed by atoms with Gasteiger partial charge in [-0.2, -0.15) is 0 Å². The van der Waals surface area contributed by atoms with Crippen LogP contribution >= 0.6 is 0 Å². The summed E-state index contributed by atoms with van der Waals surface area (Å²) in [6.45, 7) is 1.63. The van der Waals surface area contributed by atoms with Gasteiger partial charge in [0.15, 0.2) is 0 Å². The number of carboxylic acid groups (broad SMARTS) is 1. The number of piperazine rings is 1. The van der Waals surface area contributed by atoms with Crippen molar-refractivity contribution in [3.63, 3.8) is 0 Å². The Morgan fingerprint density at radius 3 is 1.94 bits per heavy atom. The molecule has 1 N–H and O–H groups in total. The molecule has 0 spiro atoms. The molecule has 0 radical (unpaired) electrons. The zero-order chi connectivity index (χ0) is 12.8. The van der Waals surface area contributed by atoms with E-state index in [0.717, 1.165) is 0 Å². The van der Waals surface area contributed by atoms with Crippen molar-refractivity contribution in [3.05, 3.63) is 0 Å². The summed E-state index contributed by atoms with van der Waals surface area (Å²) in [5.41, 5.74) is 0. The van der Waals surface area contributed by atoms with Crippen LogP contribution in [-0.2, 0) is 19.1 Å². The number of carbonyl (C=O) groups excluding carboxylic acids is 2. The van der Waals surface area contributed by atoms with Crippen LogP contribution in [0, 0.1) is 0 Å². The average molecular weight is 244 g/mol. The minimum atomic E-state index is -1.13. The van der Waals surface area contributed by atoms with Gasteiger partial charge in [-0.05, 0) is 0 Å². The van der Waals surface area contributed by atoms with Gasteiger partial charge in [0.1, 0.15) is 13.0 Å². The number of ether oxygens (including phenoxy) is 1. The SMILES string of the molecule is COCC(=O)N1CCN(C(=O)CC(=O)O)CC1. The van der Waals surface area contributed by atoms with Crippen LogP contribution in [0.25, 0.3) is 0 Å². The molecule has 0 unspecified atom stereocenters. The lowest BCUT2D eigenvalue weighted by Gasteiger charge is -2.34. The number of nitrogens with zero attached hydrogens (tertiary/aromatic N) is 2. The number of aliphatic carboxylic acids is 1. The Morgan fingerprint density at radius 1 is 1.06 bits per heavy atom. The van der Waals surface area contributed by atoms with Gasteiger partial charge in [-0.1, -0.05) is 0 Å². The normalized spacial score (nSPS) is 15.8. The maximum absolute atomic E-state index is 11.5. The summed E-state index contributed by atoms with van der Waals surface area (Å²) in [7, 11) is 1.45. The fourth-order valence-electron chi connectivity index (χ4n) is 1.66. The monoisotopic (exact) mass is 244 g/mol. The predicted octanol–water partition coefficient (Wildman–Crippen LogP) is -1.22. The lowest BCUT2D eigenvalue weighted by Crippen LogP contribution is -2.51. The van der Waals surface area contributed by atoms with Crippen LogP contribution in [0.2, 0.25) is 0 Å². The third kappa shape index (κ3) is 4.03. The Balaban J connectivity index is 2.37. The first-order valence-corrected chi connectivity index (χ1v) is 5.31. The molecule has 0 saturated carbocycles. The lowest BCUT2D eigenvalue weighted by molar-refractivity contribution is -0.147. The standard InChI is InChI=1S/C10H16N2O5/c1-17-7-9(14)12-4-2-11(3-5-12)8(13)6-10(15)16/h2-7H2,1H3,(H,15,16). The number of carbonyl (C=O) groups is 3. The Bertz CT molecular complexity index is 310. The summed E-state index contributed by atoms with van der Waals surface area (Å²) >= 11 is 0. The molecule has 17 heavy (non-hydrogen) atoms. The number of carboxylic acids is 1. The molecular formula is C10H16N2O5. The number of rotatable bonds is 4. The lowest BCUT2D eigenvalue weighted by atomic mass is 10.2. The van der Waals surface area contributed by atoms with E-state index in [4.69, 9.17) is 9.84 Å². The summed E-state index contributed by atoms with van der Waals surface area (Å²) < 4.78 is 4.73. The molecule has 1 heterocycles. The summed E-state index contributed by atoms with van der Waals surface area (Å²) in [5, 5.41) is 8.50. The second-order valence-electron chi connectivity index (χ2n) is 3.77. The Kier molecular flexibility index (Phi) is 4.89. The van der Waals surface area contributed by atoms with Crippen molar-refractivity contribution in [2.24, 2.45) is 0 Å². The Morgan fingerprint density at radius 2 is 1.53 bits per heavy atom. The van der Waals surface area contributed by atoms with E-state index in [0.29, 0.717) is 26.2 Å². The molecule has 1 saturated heterocycles. The van der Waals surface area contributed by atoms with Crippen LogP contribution in [-0.4, -0.2) is 72.6 Å². The van der Waals surface area contributed by atoms with Gasteiger partial charge in [0.05, 0.1) is 0 Å². The molecule has 7 nitrogen and oxygen atoms in total. The van der Waals surface area contributed by atoms with E-state index in [9.17, 15) is 14.4 Å². The molecular weight excluding hydrogens is 228 g/mol. The van der Waals surface area contributed by atoms with Gasteiger partial charge in [0.25, 0.3) is 0 Å². The van der Waals surface area contributed by atoms with Crippen LogP contribution in [0.5, 0.6) is 0 Å². The quantitative estimate of drug-likeness (QED) is 0.626. The van der Waals surface area contributed by atoms with E-state index in [-0.39, 0.29) is 12.5 Å². The van der Waals surface area contributed by atoms with Crippen molar-refractivity contribution in [1.29, 1.82) is 0 Å². The van der Waals surface area contributed by atoms with Gasteiger partial charge in [-0.3, -0.25) is 14.4 Å². The van der Waals surface area contributed by atoms with Crippen molar-refractivity contribution >= 4 is 17.8 Å². The van der Waals surface area contributed by atoms with E-state index in [1.165, 1.54) is 12.0 Å². The van der Waals surface area contributed by atoms with E-state index in [1.54, 1.807) is 4.90 Å². The number of methoxy groups -OCH3 is 1. The minimum absolute atomic E-state index is 0.0308. The van der Waals surface area contributed by atoms with Gasteiger partial charge in [0.2, 0.25) is 11.8 Å². The molecule has 0 atom stereocenters. The van der Waals surface area contributed by atoms with E-state index >= 15 is 0 Å². The maximum Gasteiger partial charge on any atom is 0.312 e. The first-order valence-electron chi connectivity index (χ1n) is 5.31. The van der Waals surface area contributed by atoms with Gasteiger partial charge in [-0.25, -0.2) is 0 Å². The number of hydrogen-bond donors (Lipinski definition) is 1. The molecule has 0 bridgehead atoms. The predicted molar refractivity (Wildman–Crippen MR) is 57.3 cm³/mol. The first-order chi connectivity index (χ1) is 8.04. The van der Waals surface area contributed by atoms with Gasteiger partial charge in [0, 0.05) is 33.3 Å². The van der Waals surface area contributed by atoms with Gasteiger partial charge >= 0.3 is 5.97 Å². The Hall–Kier alpha value is -1.63. The molecule has 2 amide bonds. The molecule has 7 heteroatoms. The highest BCUT2D eigenvalue weighted by molar-refractivity contribution is 5.93. The molecule has 0 aliphatic carbocycles. The molecule has 1 rings (SSSR count). The minimum Gasteiger partial charge on any atom is -0.481 e. The second kappa shape index (κ2) is 6.19. The van der Waals surface area contributed by atoms with Crippen LogP contribution in [0.15, 0.2) is 0 Å². The van der Waals surface area contributed by atoms with E-state index in [1.807, 2.05) is 0 Å². The number of amides is 2. The van der Waals surface area contributed by atoms with E-state index < -0.39 is 18.3 Å². The molecule has 0 aromatic heterocycles. The van der Waals surface area contributed by atoms with Crippen molar-refractivity contribution in [2.45, 2.75) is 6.42 Å². The zero-order valence-corrected chi connectivity index (χ0v) is 9.72. The van der Waals surface area contributed by atoms with Crippen LogP contribution < -0.4 is 0 Å². The molecule has 1 aliphatic heterocycles. The smallest absolute Gasteiger partial charge is 0.312 e. The molecule has 1 fully saturated rings. The zero-order valence-electron chi connectivity index (χ0n) is 9.72. The molecule has 0 aromatic carbocycles. The highest BCUT2D eigenvalue weighted by Gasteiger charge is 2.24. The average Bonchev–Trinajstić information content (AvgIpc) is 2.28.